The van der Waals surface area contributed by atoms with Crippen molar-refractivity contribution in [1.29, 1.82) is 0 Å². The van der Waals surface area contributed by atoms with Crippen molar-refractivity contribution in [3.8, 4) is 0 Å². The lowest BCUT2D eigenvalue weighted by Gasteiger charge is -2.40. The summed E-state index contributed by atoms with van der Waals surface area (Å²) >= 11 is 0. The third kappa shape index (κ3) is 5.06. The number of sulfonamides is 1. The molecule has 148 valence electrons. The summed E-state index contributed by atoms with van der Waals surface area (Å²) in [7, 11) is -3.31. The molecule has 0 bridgehead atoms. The van der Waals surface area contributed by atoms with E-state index in [-0.39, 0.29) is 17.9 Å². The van der Waals surface area contributed by atoms with Crippen LogP contribution in [0.5, 0.6) is 0 Å². The van der Waals surface area contributed by atoms with Gasteiger partial charge in [0, 0.05) is 51.2 Å². The fourth-order valence-corrected chi connectivity index (χ4v) is 5.28. The Balaban J connectivity index is 1.60. The number of hydrogen-bond acceptors (Lipinski definition) is 5. The Morgan fingerprint density at radius 2 is 1.88 bits per heavy atom. The second-order valence-electron chi connectivity index (χ2n) is 7.55. The highest BCUT2D eigenvalue weighted by Gasteiger charge is 2.34. The Hall–Kier alpha value is -0.960. The summed E-state index contributed by atoms with van der Waals surface area (Å²) in [5.41, 5.74) is 0. The molecule has 0 aromatic rings. The maximum atomic E-state index is 12.7. The van der Waals surface area contributed by atoms with Crippen LogP contribution in [-0.2, 0) is 19.6 Å². The van der Waals surface area contributed by atoms with E-state index in [1.807, 2.05) is 4.90 Å². The lowest BCUT2D eigenvalue weighted by Crippen LogP contribution is -2.54. The predicted molar refractivity (Wildman–Crippen MR) is 100 cm³/mol. The summed E-state index contributed by atoms with van der Waals surface area (Å²) in [4.78, 5) is 16.9. The number of amides is 1. The normalized spacial score (nSPS) is 25.9. The van der Waals surface area contributed by atoms with Crippen LogP contribution in [0.1, 0.15) is 25.7 Å². The van der Waals surface area contributed by atoms with Crippen molar-refractivity contribution in [1.82, 2.24) is 14.1 Å². The van der Waals surface area contributed by atoms with Crippen molar-refractivity contribution in [3.05, 3.63) is 12.2 Å². The molecule has 1 atom stereocenters. The first kappa shape index (κ1) is 19.8. The van der Waals surface area contributed by atoms with E-state index in [0.29, 0.717) is 32.8 Å². The third-order valence-corrected chi connectivity index (χ3v) is 6.97. The van der Waals surface area contributed by atoms with Gasteiger partial charge in [-0.25, -0.2) is 8.42 Å². The second kappa shape index (κ2) is 8.82. The molecule has 0 aromatic carbocycles. The summed E-state index contributed by atoms with van der Waals surface area (Å²) in [6, 6.07) is -0.113. The molecule has 0 radical (unpaired) electrons. The van der Waals surface area contributed by atoms with Gasteiger partial charge >= 0.3 is 0 Å². The van der Waals surface area contributed by atoms with Gasteiger partial charge in [0.25, 0.3) is 0 Å². The van der Waals surface area contributed by atoms with Crippen LogP contribution in [0.4, 0.5) is 0 Å². The van der Waals surface area contributed by atoms with Gasteiger partial charge in [0.2, 0.25) is 15.9 Å². The van der Waals surface area contributed by atoms with Crippen molar-refractivity contribution in [2.45, 2.75) is 31.7 Å². The van der Waals surface area contributed by atoms with E-state index in [9.17, 15) is 13.2 Å². The fraction of sp³-hybridized carbons (Fsp3) is 0.833. The lowest BCUT2D eigenvalue weighted by atomic mass is 10.0. The predicted octanol–water partition coefficient (Wildman–Crippen LogP) is 0.537. The smallest absolute Gasteiger partial charge is 0.226 e. The maximum absolute atomic E-state index is 12.7. The van der Waals surface area contributed by atoms with Gasteiger partial charge in [0.1, 0.15) is 0 Å². The van der Waals surface area contributed by atoms with E-state index in [1.54, 1.807) is 4.31 Å². The highest BCUT2D eigenvalue weighted by atomic mass is 32.2. The molecule has 1 unspecified atom stereocenters. The largest absolute Gasteiger partial charge is 0.379 e. The number of piperidine rings is 1. The molecule has 2 saturated heterocycles. The molecule has 2 aliphatic heterocycles. The zero-order chi connectivity index (χ0) is 18.6. The monoisotopic (exact) mass is 385 g/mol. The summed E-state index contributed by atoms with van der Waals surface area (Å²) in [6.07, 6.45) is 8.72. The van der Waals surface area contributed by atoms with Crippen LogP contribution in [0.15, 0.2) is 12.2 Å². The molecule has 7 nitrogen and oxygen atoms in total. The van der Waals surface area contributed by atoms with Gasteiger partial charge in [-0.3, -0.25) is 9.69 Å². The Kier molecular flexibility index (Phi) is 6.71. The standard InChI is InChI=1S/C18H31N3O4S/c1-26(23,24)21(10-9-19-11-13-25-14-12-19)17-7-4-8-20(15-17)18(22)16-5-2-3-6-16/h2-3,16-17H,4-15H2,1H3. The third-order valence-electron chi connectivity index (χ3n) is 5.64. The molecule has 1 aliphatic carbocycles. The summed E-state index contributed by atoms with van der Waals surface area (Å²) < 4.78 is 31.8. The van der Waals surface area contributed by atoms with Gasteiger partial charge in [-0.1, -0.05) is 12.2 Å². The van der Waals surface area contributed by atoms with E-state index in [4.69, 9.17) is 4.74 Å². The Labute approximate surface area is 157 Å². The minimum Gasteiger partial charge on any atom is -0.379 e. The summed E-state index contributed by atoms with van der Waals surface area (Å²) in [5.74, 6) is 0.232. The van der Waals surface area contributed by atoms with Crippen LogP contribution in [0.2, 0.25) is 0 Å². The Morgan fingerprint density at radius 1 is 1.19 bits per heavy atom. The number of carbonyl (C=O) groups excluding carboxylic acids is 1. The van der Waals surface area contributed by atoms with E-state index in [2.05, 4.69) is 17.1 Å². The topological polar surface area (TPSA) is 70.2 Å². The molecule has 2 fully saturated rings. The van der Waals surface area contributed by atoms with Gasteiger partial charge in [-0.05, 0) is 25.7 Å². The number of allylic oxidation sites excluding steroid dienone is 2. The maximum Gasteiger partial charge on any atom is 0.226 e. The van der Waals surface area contributed by atoms with Crippen molar-refractivity contribution in [2.75, 3.05) is 58.7 Å². The van der Waals surface area contributed by atoms with Gasteiger partial charge in [-0.15, -0.1) is 0 Å². The van der Waals surface area contributed by atoms with Gasteiger partial charge in [0.15, 0.2) is 0 Å². The molecule has 2 heterocycles. The van der Waals surface area contributed by atoms with E-state index in [0.717, 1.165) is 45.3 Å². The second-order valence-corrected chi connectivity index (χ2v) is 9.48. The van der Waals surface area contributed by atoms with Crippen LogP contribution in [0.25, 0.3) is 0 Å². The van der Waals surface area contributed by atoms with E-state index < -0.39 is 10.0 Å². The molecule has 3 rings (SSSR count). The zero-order valence-electron chi connectivity index (χ0n) is 15.7. The number of hydrogen-bond donors (Lipinski definition) is 0. The summed E-state index contributed by atoms with van der Waals surface area (Å²) in [6.45, 7) is 5.57. The number of likely N-dealkylation sites (tertiary alicyclic amines) is 1. The number of morpholine rings is 1. The van der Waals surface area contributed by atoms with Gasteiger partial charge in [-0.2, -0.15) is 4.31 Å². The molecular weight excluding hydrogens is 354 g/mol. The first-order valence-corrected chi connectivity index (χ1v) is 11.5. The van der Waals surface area contributed by atoms with Crippen molar-refractivity contribution in [3.63, 3.8) is 0 Å². The minimum atomic E-state index is -3.31. The SMILES string of the molecule is CS(=O)(=O)N(CCN1CCOCC1)C1CCCN(C(=O)C2CC=CC2)C1. The van der Waals surface area contributed by atoms with Crippen molar-refractivity contribution < 1.29 is 17.9 Å². The van der Waals surface area contributed by atoms with Crippen LogP contribution in [-0.4, -0.2) is 93.2 Å². The Morgan fingerprint density at radius 3 is 2.54 bits per heavy atom. The highest BCUT2D eigenvalue weighted by Crippen LogP contribution is 2.24. The molecule has 3 aliphatic rings. The number of ether oxygens (including phenoxy) is 1. The highest BCUT2D eigenvalue weighted by molar-refractivity contribution is 7.88. The van der Waals surface area contributed by atoms with Crippen LogP contribution in [0.3, 0.4) is 0 Å². The fourth-order valence-electron chi connectivity index (χ4n) is 4.15. The van der Waals surface area contributed by atoms with E-state index in [1.165, 1.54) is 6.26 Å². The molecule has 26 heavy (non-hydrogen) atoms. The van der Waals surface area contributed by atoms with E-state index >= 15 is 0 Å². The molecule has 1 amide bonds. The first-order valence-electron chi connectivity index (χ1n) is 9.66. The zero-order valence-corrected chi connectivity index (χ0v) is 16.5. The molecule has 0 aromatic heterocycles. The molecule has 0 N–H and O–H groups in total. The van der Waals surface area contributed by atoms with Crippen molar-refractivity contribution >= 4 is 15.9 Å². The lowest BCUT2D eigenvalue weighted by molar-refractivity contribution is -0.137. The van der Waals surface area contributed by atoms with Gasteiger partial charge in [0.05, 0.1) is 19.5 Å². The van der Waals surface area contributed by atoms with Crippen LogP contribution >= 0.6 is 0 Å². The number of rotatable bonds is 6. The number of nitrogens with zero attached hydrogens (tertiary/aromatic N) is 3. The first-order chi connectivity index (χ1) is 12.4. The van der Waals surface area contributed by atoms with Crippen LogP contribution < -0.4 is 0 Å². The minimum absolute atomic E-state index is 0.0498. The molecule has 8 heteroatoms. The van der Waals surface area contributed by atoms with Crippen LogP contribution in [0, 0.1) is 5.92 Å². The number of carbonyl (C=O) groups is 1. The van der Waals surface area contributed by atoms with Crippen molar-refractivity contribution in [2.24, 2.45) is 5.92 Å². The molecule has 0 saturated carbocycles. The quantitative estimate of drug-likeness (QED) is 0.624. The molecule has 0 spiro atoms. The Bertz CT molecular complexity index is 608. The summed E-state index contributed by atoms with van der Waals surface area (Å²) in [5, 5.41) is 0. The average Bonchev–Trinajstić information content (AvgIpc) is 3.16. The molecular formula is C18H31N3O4S. The average molecular weight is 386 g/mol. The van der Waals surface area contributed by atoms with Gasteiger partial charge < -0.3 is 9.64 Å².